The second kappa shape index (κ2) is 5.58. The summed E-state index contributed by atoms with van der Waals surface area (Å²) in [6.45, 7) is 2.37. The molecule has 0 aromatic heterocycles. The van der Waals surface area contributed by atoms with E-state index in [4.69, 9.17) is 9.47 Å². The van der Waals surface area contributed by atoms with E-state index in [1.54, 1.807) is 7.05 Å². The largest absolute Gasteiger partial charge is 0.454 e. The molecule has 1 aromatic carbocycles. The molecule has 0 bridgehead atoms. The Hall–Kier alpha value is -2.12. The second-order valence-corrected chi connectivity index (χ2v) is 5.66. The van der Waals surface area contributed by atoms with Gasteiger partial charge in [0.2, 0.25) is 12.6 Å². The number of Topliss-reactive ketones (excluding diaryl/α,β-unsaturated/α-hetero) is 1. The molecule has 22 heavy (non-hydrogen) atoms. The topological polar surface area (TPSA) is 92.2 Å². The molecule has 118 valence electrons. The number of aliphatic hydroxyl groups is 1. The van der Waals surface area contributed by atoms with Gasteiger partial charge in [0.15, 0.2) is 11.5 Å². The molecule has 2 unspecified atom stereocenters. The van der Waals surface area contributed by atoms with Gasteiger partial charge in [0.25, 0.3) is 0 Å². The zero-order valence-electron chi connectivity index (χ0n) is 12.5. The molecule has 7 heteroatoms. The zero-order valence-corrected chi connectivity index (χ0v) is 12.5. The number of rotatable bonds is 5. The summed E-state index contributed by atoms with van der Waals surface area (Å²) in [4.78, 5) is 12.6. The molecule has 2 aliphatic rings. The Balaban J connectivity index is 1.86. The number of nitrogens with zero attached hydrogens (tertiary/aromatic N) is 1. The second-order valence-electron chi connectivity index (χ2n) is 5.66. The molecular formula is C15H19N3O4. The molecular weight excluding hydrogens is 286 g/mol. The highest BCUT2D eigenvalue weighted by Crippen LogP contribution is 2.35. The van der Waals surface area contributed by atoms with Crippen molar-refractivity contribution in [2.24, 2.45) is 5.10 Å². The molecule has 3 rings (SSSR count). The van der Waals surface area contributed by atoms with Gasteiger partial charge in [0.05, 0.1) is 5.92 Å². The third kappa shape index (κ3) is 2.53. The Kier molecular flexibility index (Phi) is 3.76. The van der Waals surface area contributed by atoms with Gasteiger partial charge in [0.1, 0.15) is 11.3 Å². The van der Waals surface area contributed by atoms with E-state index in [0.717, 1.165) is 5.56 Å². The fourth-order valence-corrected chi connectivity index (χ4v) is 2.71. The van der Waals surface area contributed by atoms with E-state index in [1.165, 1.54) is 6.92 Å². The summed E-state index contributed by atoms with van der Waals surface area (Å²) < 4.78 is 10.7. The van der Waals surface area contributed by atoms with Crippen molar-refractivity contribution in [3.63, 3.8) is 0 Å². The highest BCUT2D eigenvalue weighted by molar-refractivity contribution is 6.44. The molecule has 0 saturated carbocycles. The highest BCUT2D eigenvalue weighted by Gasteiger charge is 2.39. The quantitative estimate of drug-likeness (QED) is 0.709. The van der Waals surface area contributed by atoms with Crippen molar-refractivity contribution < 1.29 is 19.4 Å². The lowest BCUT2D eigenvalue weighted by atomic mass is 9.86. The number of hydrogen-bond donors (Lipinski definition) is 3. The summed E-state index contributed by atoms with van der Waals surface area (Å²) in [6, 6.07) is 5.57. The van der Waals surface area contributed by atoms with Crippen molar-refractivity contribution >= 4 is 11.5 Å². The summed E-state index contributed by atoms with van der Waals surface area (Å²) >= 11 is 0. The van der Waals surface area contributed by atoms with Crippen molar-refractivity contribution in [3.05, 3.63) is 23.8 Å². The SMILES string of the molecule is CNCC(C)(O)C(=O)C1=NNCC1c1ccc2c(c1)OCO2. The van der Waals surface area contributed by atoms with Crippen LogP contribution in [0.1, 0.15) is 18.4 Å². The maximum atomic E-state index is 12.6. The van der Waals surface area contributed by atoms with E-state index < -0.39 is 5.60 Å². The smallest absolute Gasteiger partial charge is 0.231 e. The fourth-order valence-electron chi connectivity index (χ4n) is 2.71. The summed E-state index contributed by atoms with van der Waals surface area (Å²) in [5, 5.41) is 17.2. The number of carbonyl (C=O) groups is 1. The Morgan fingerprint density at radius 2 is 2.27 bits per heavy atom. The van der Waals surface area contributed by atoms with E-state index in [-0.39, 0.29) is 25.0 Å². The molecule has 2 heterocycles. The number of nitrogens with one attached hydrogen (secondary N) is 2. The molecule has 0 radical (unpaired) electrons. The molecule has 0 amide bonds. The minimum atomic E-state index is -1.49. The van der Waals surface area contributed by atoms with Crippen molar-refractivity contribution in [2.45, 2.75) is 18.4 Å². The number of hydrazone groups is 1. The molecule has 1 aromatic rings. The number of fused-ring (bicyclic) bond motifs is 1. The maximum absolute atomic E-state index is 12.6. The predicted octanol–water partition coefficient (Wildman–Crippen LogP) is -0.00240. The number of ketones is 1. The van der Waals surface area contributed by atoms with Crippen LogP contribution in [0.3, 0.4) is 0 Å². The van der Waals surface area contributed by atoms with E-state index in [9.17, 15) is 9.90 Å². The standard InChI is InChI=1S/C15H19N3O4/c1-15(20,7-16-2)14(19)13-10(6-17-18-13)9-3-4-11-12(5-9)22-8-21-11/h3-5,10,16-17,20H,6-8H2,1-2H3. The van der Waals surface area contributed by atoms with Crippen LogP contribution >= 0.6 is 0 Å². The van der Waals surface area contributed by atoms with Crippen LogP contribution in [-0.4, -0.2) is 49.1 Å². The Labute approximate surface area is 128 Å². The molecule has 0 aliphatic carbocycles. The van der Waals surface area contributed by atoms with Gasteiger partial charge in [-0.1, -0.05) is 6.07 Å². The van der Waals surface area contributed by atoms with Crippen molar-refractivity contribution in [2.75, 3.05) is 26.9 Å². The van der Waals surface area contributed by atoms with Crippen molar-refractivity contribution in [1.82, 2.24) is 10.7 Å². The Morgan fingerprint density at radius 3 is 3.05 bits per heavy atom. The van der Waals surface area contributed by atoms with Crippen LogP contribution in [0, 0.1) is 0 Å². The van der Waals surface area contributed by atoms with Crippen molar-refractivity contribution in [3.8, 4) is 11.5 Å². The lowest BCUT2D eigenvalue weighted by Gasteiger charge is -2.23. The molecule has 0 fully saturated rings. The van der Waals surface area contributed by atoms with Gasteiger partial charge in [0, 0.05) is 13.1 Å². The molecule has 7 nitrogen and oxygen atoms in total. The molecule has 2 atom stereocenters. The first-order valence-corrected chi connectivity index (χ1v) is 7.14. The van der Waals surface area contributed by atoms with Crippen LogP contribution in [0.5, 0.6) is 11.5 Å². The fraction of sp³-hybridized carbons (Fsp3) is 0.467. The lowest BCUT2D eigenvalue weighted by molar-refractivity contribution is -0.128. The minimum absolute atomic E-state index is 0.165. The molecule has 0 spiro atoms. The monoisotopic (exact) mass is 305 g/mol. The number of likely N-dealkylation sites (N-methyl/N-ethyl adjacent to an activating group) is 1. The van der Waals surface area contributed by atoms with Crippen molar-refractivity contribution in [1.29, 1.82) is 0 Å². The van der Waals surface area contributed by atoms with Crippen LogP contribution in [-0.2, 0) is 4.79 Å². The lowest BCUT2D eigenvalue weighted by Crippen LogP contribution is -2.48. The Bertz CT molecular complexity index is 627. The van der Waals surface area contributed by atoms with Crippen LogP contribution in [0.25, 0.3) is 0 Å². The van der Waals surface area contributed by atoms with Gasteiger partial charge in [-0.2, -0.15) is 5.10 Å². The van der Waals surface area contributed by atoms with E-state index in [1.807, 2.05) is 18.2 Å². The Morgan fingerprint density at radius 1 is 1.50 bits per heavy atom. The normalized spacial score (nSPS) is 22.0. The first kappa shape index (κ1) is 14.8. The van der Waals surface area contributed by atoms with Crippen LogP contribution < -0.4 is 20.2 Å². The van der Waals surface area contributed by atoms with Crippen LogP contribution in [0.4, 0.5) is 0 Å². The van der Waals surface area contributed by atoms with Gasteiger partial charge in [-0.15, -0.1) is 0 Å². The number of benzene rings is 1. The third-order valence-electron chi connectivity index (χ3n) is 3.87. The van der Waals surface area contributed by atoms with Gasteiger partial charge >= 0.3 is 0 Å². The molecule has 2 aliphatic heterocycles. The van der Waals surface area contributed by atoms with E-state index in [2.05, 4.69) is 15.8 Å². The molecule has 3 N–H and O–H groups in total. The third-order valence-corrected chi connectivity index (χ3v) is 3.87. The highest BCUT2D eigenvalue weighted by atomic mass is 16.7. The maximum Gasteiger partial charge on any atom is 0.231 e. The number of ether oxygens (including phenoxy) is 2. The average Bonchev–Trinajstić information content (AvgIpc) is 3.14. The minimum Gasteiger partial charge on any atom is -0.454 e. The summed E-state index contributed by atoms with van der Waals surface area (Å²) in [5.41, 5.74) is 2.59. The summed E-state index contributed by atoms with van der Waals surface area (Å²) in [5.74, 6) is 0.764. The van der Waals surface area contributed by atoms with Gasteiger partial charge < -0.3 is 25.3 Å². The first-order chi connectivity index (χ1) is 10.5. The van der Waals surface area contributed by atoms with Gasteiger partial charge in [-0.25, -0.2) is 0 Å². The number of hydrogen-bond acceptors (Lipinski definition) is 7. The summed E-state index contributed by atoms with van der Waals surface area (Å²) in [7, 11) is 1.69. The van der Waals surface area contributed by atoms with E-state index in [0.29, 0.717) is 23.8 Å². The summed E-state index contributed by atoms with van der Waals surface area (Å²) in [6.07, 6.45) is 0. The van der Waals surface area contributed by atoms with Gasteiger partial charge in [-0.3, -0.25) is 4.79 Å². The zero-order chi connectivity index (χ0) is 15.7. The van der Waals surface area contributed by atoms with Crippen LogP contribution in [0.15, 0.2) is 23.3 Å². The molecule has 0 saturated heterocycles. The average molecular weight is 305 g/mol. The predicted molar refractivity (Wildman–Crippen MR) is 80.3 cm³/mol. The first-order valence-electron chi connectivity index (χ1n) is 7.14. The van der Waals surface area contributed by atoms with Gasteiger partial charge in [-0.05, 0) is 31.7 Å². The number of carbonyl (C=O) groups excluding carboxylic acids is 1. The van der Waals surface area contributed by atoms with Crippen LogP contribution in [0.2, 0.25) is 0 Å². The van der Waals surface area contributed by atoms with E-state index >= 15 is 0 Å².